The van der Waals surface area contributed by atoms with Gasteiger partial charge < -0.3 is 4.90 Å². The predicted molar refractivity (Wildman–Crippen MR) is 70.6 cm³/mol. The van der Waals surface area contributed by atoms with Crippen LogP contribution in [0.25, 0.3) is 0 Å². The maximum absolute atomic E-state index is 5.92. The first kappa shape index (κ1) is 11.0. The lowest BCUT2D eigenvalue weighted by Gasteiger charge is -2.22. The van der Waals surface area contributed by atoms with Crippen molar-refractivity contribution >= 4 is 28.8 Å². The van der Waals surface area contributed by atoms with Crippen molar-refractivity contribution in [1.82, 2.24) is 9.97 Å². The van der Waals surface area contributed by atoms with Crippen LogP contribution in [0.1, 0.15) is 18.4 Å². The van der Waals surface area contributed by atoms with Crippen molar-refractivity contribution in [1.29, 1.82) is 0 Å². The highest BCUT2D eigenvalue weighted by atomic mass is 35.5. The van der Waals surface area contributed by atoms with Gasteiger partial charge in [0.05, 0.1) is 0 Å². The van der Waals surface area contributed by atoms with Gasteiger partial charge in [0.15, 0.2) is 0 Å². The average Bonchev–Trinajstić information content (AvgIpc) is 3.03. The summed E-state index contributed by atoms with van der Waals surface area (Å²) in [5, 5.41) is 4.79. The average molecular weight is 266 g/mol. The van der Waals surface area contributed by atoms with Crippen molar-refractivity contribution in [2.45, 2.75) is 25.4 Å². The molecule has 0 aromatic carbocycles. The van der Waals surface area contributed by atoms with Gasteiger partial charge in [0.2, 0.25) is 0 Å². The largest absolute Gasteiger partial charge is 0.349 e. The molecule has 2 heterocycles. The van der Waals surface area contributed by atoms with Gasteiger partial charge in [0.25, 0.3) is 0 Å². The molecule has 0 aliphatic heterocycles. The Hall–Kier alpha value is -1.13. The van der Waals surface area contributed by atoms with Crippen LogP contribution in [-0.2, 0) is 6.54 Å². The molecule has 17 heavy (non-hydrogen) atoms. The Morgan fingerprint density at radius 1 is 1.41 bits per heavy atom. The van der Waals surface area contributed by atoms with Crippen LogP contribution in [0.4, 0.5) is 5.82 Å². The van der Waals surface area contributed by atoms with Crippen molar-refractivity contribution < 1.29 is 0 Å². The van der Waals surface area contributed by atoms with Crippen molar-refractivity contribution in [3.8, 4) is 0 Å². The fourth-order valence-electron chi connectivity index (χ4n) is 1.84. The van der Waals surface area contributed by atoms with Gasteiger partial charge in [-0.1, -0.05) is 11.6 Å². The molecule has 0 saturated heterocycles. The van der Waals surface area contributed by atoms with Crippen LogP contribution in [0.2, 0.25) is 5.15 Å². The van der Waals surface area contributed by atoms with E-state index in [0.717, 1.165) is 12.4 Å². The van der Waals surface area contributed by atoms with Crippen LogP contribution < -0.4 is 4.90 Å². The third-order valence-corrected chi connectivity index (χ3v) is 3.77. The van der Waals surface area contributed by atoms with Gasteiger partial charge >= 0.3 is 0 Å². The van der Waals surface area contributed by atoms with Gasteiger partial charge in [0, 0.05) is 18.7 Å². The van der Waals surface area contributed by atoms with Crippen molar-refractivity contribution in [3.63, 3.8) is 0 Å². The molecule has 3 nitrogen and oxygen atoms in total. The van der Waals surface area contributed by atoms with Gasteiger partial charge in [-0.3, -0.25) is 0 Å². The Bertz CT molecular complexity index is 496. The smallest absolute Gasteiger partial charge is 0.134 e. The first-order valence-electron chi connectivity index (χ1n) is 5.58. The van der Waals surface area contributed by atoms with Crippen LogP contribution in [0.15, 0.2) is 29.2 Å². The molecule has 5 heteroatoms. The first-order chi connectivity index (χ1) is 8.33. The Kier molecular flexibility index (Phi) is 2.99. The van der Waals surface area contributed by atoms with Crippen LogP contribution in [-0.4, -0.2) is 16.0 Å². The normalized spacial score (nSPS) is 14.9. The van der Waals surface area contributed by atoms with E-state index in [1.807, 2.05) is 6.07 Å². The molecule has 0 atom stereocenters. The van der Waals surface area contributed by atoms with Crippen LogP contribution in [0.5, 0.6) is 0 Å². The van der Waals surface area contributed by atoms with Crippen molar-refractivity contribution in [2.24, 2.45) is 0 Å². The zero-order chi connectivity index (χ0) is 11.7. The standard InChI is InChI=1S/C12H12ClN3S/c13-11-5-12(15-8-14-11)16(10-1-2-10)6-9-3-4-17-7-9/h3-5,7-8,10H,1-2,6H2. The lowest BCUT2D eigenvalue weighted by molar-refractivity contribution is 0.777. The third-order valence-electron chi connectivity index (χ3n) is 2.83. The molecule has 0 N–H and O–H groups in total. The maximum atomic E-state index is 5.92. The number of anilines is 1. The Morgan fingerprint density at radius 3 is 2.94 bits per heavy atom. The van der Waals surface area contributed by atoms with Crippen LogP contribution in [0.3, 0.4) is 0 Å². The fraction of sp³-hybridized carbons (Fsp3) is 0.333. The summed E-state index contributed by atoms with van der Waals surface area (Å²) in [4.78, 5) is 10.6. The Labute approximate surface area is 109 Å². The second kappa shape index (κ2) is 4.63. The summed E-state index contributed by atoms with van der Waals surface area (Å²) in [6, 6.07) is 4.61. The van der Waals surface area contributed by atoms with E-state index < -0.39 is 0 Å². The molecule has 3 rings (SSSR count). The third kappa shape index (κ3) is 2.58. The van der Waals surface area contributed by atoms with E-state index in [1.165, 1.54) is 24.7 Å². The van der Waals surface area contributed by atoms with E-state index in [9.17, 15) is 0 Å². The number of aromatic nitrogens is 2. The van der Waals surface area contributed by atoms with E-state index in [1.54, 1.807) is 11.3 Å². The summed E-state index contributed by atoms with van der Waals surface area (Å²) < 4.78 is 0. The van der Waals surface area contributed by atoms with Crippen LogP contribution in [0, 0.1) is 0 Å². The highest BCUT2D eigenvalue weighted by molar-refractivity contribution is 7.07. The molecule has 1 saturated carbocycles. The van der Waals surface area contributed by atoms with Crippen molar-refractivity contribution in [2.75, 3.05) is 4.90 Å². The monoisotopic (exact) mass is 265 g/mol. The molecule has 88 valence electrons. The number of halogens is 1. The highest BCUT2D eigenvalue weighted by Crippen LogP contribution is 2.32. The summed E-state index contributed by atoms with van der Waals surface area (Å²) in [5.41, 5.74) is 1.33. The SMILES string of the molecule is Clc1cc(N(Cc2ccsc2)C2CC2)ncn1. The quantitative estimate of drug-likeness (QED) is 0.794. The highest BCUT2D eigenvalue weighted by Gasteiger charge is 2.30. The second-order valence-electron chi connectivity index (χ2n) is 4.19. The molecule has 2 aromatic rings. The van der Waals surface area contributed by atoms with Gasteiger partial charge in [-0.05, 0) is 35.2 Å². The zero-order valence-electron chi connectivity index (χ0n) is 9.21. The molecular formula is C12H12ClN3S. The maximum Gasteiger partial charge on any atom is 0.134 e. The number of nitrogens with zero attached hydrogens (tertiary/aromatic N) is 3. The summed E-state index contributed by atoms with van der Waals surface area (Å²) in [7, 11) is 0. The number of rotatable bonds is 4. The minimum atomic E-state index is 0.506. The van der Waals surface area contributed by atoms with Gasteiger partial charge in [-0.2, -0.15) is 11.3 Å². The lowest BCUT2D eigenvalue weighted by atomic mass is 10.3. The minimum Gasteiger partial charge on any atom is -0.349 e. The number of hydrogen-bond acceptors (Lipinski definition) is 4. The summed E-state index contributed by atoms with van der Waals surface area (Å²) in [6.45, 7) is 0.904. The van der Waals surface area contributed by atoms with E-state index in [4.69, 9.17) is 11.6 Å². The fourth-order valence-corrected chi connectivity index (χ4v) is 2.65. The van der Waals surface area contributed by atoms with Crippen molar-refractivity contribution in [3.05, 3.63) is 39.9 Å². The first-order valence-corrected chi connectivity index (χ1v) is 6.90. The van der Waals surface area contributed by atoms with E-state index in [-0.39, 0.29) is 0 Å². The van der Waals surface area contributed by atoms with E-state index in [0.29, 0.717) is 11.2 Å². The molecule has 0 spiro atoms. The van der Waals surface area contributed by atoms with Gasteiger partial charge in [-0.15, -0.1) is 0 Å². The Balaban J connectivity index is 1.85. The molecular weight excluding hydrogens is 254 g/mol. The number of thiophene rings is 1. The van der Waals surface area contributed by atoms with Gasteiger partial charge in [-0.25, -0.2) is 9.97 Å². The topological polar surface area (TPSA) is 29.0 Å². The molecule has 1 aliphatic rings. The van der Waals surface area contributed by atoms with Gasteiger partial charge in [0.1, 0.15) is 17.3 Å². The molecule has 0 radical (unpaired) electrons. The summed E-state index contributed by atoms with van der Waals surface area (Å²) in [5.74, 6) is 0.929. The summed E-state index contributed by atoms with van der Waals surface area (Å²) in [6.07, 6.45) is 4.01. The second-order valence-corrected chi connectivity index (χ2v) is 5.36. The predicted octanol–water partition coefficient (Wildman–Crippen LogP) is 3.36. The molecule has 0 amide bonds. The lowest BCUT2D eigenvalue weighted by Crippen LogP contribution is -2.25. The molecule has 0 unspecified atom stereocenters. The molecule has 1 aliphatic carbocycles. The van der Waals surface area contributed by atoms with Crippen LogP contribution >= 0.6 is 22.9 Å². The Morgan fingerprint density at radius 2 is 2.29 bits per heavy atom. The van der Waals surface area contributed by atoms with E-state index in [2.05, 4.69) is 31.7 Å². The minimum absolute atomic E-state index is 0.506. The molecule has 0 bridgehead atoms. The zero-order valence-corrected chi connectivity index (χ0v) is 10.8. The van der Waals surface area contributed by atoms with E-state index >= 15 is 0 Å². The molecule has 2 aromatic heterocycles. The number of hydrogen-bond donors (Lipinski definition) is 0. The summed E-state index contributed by atoms with van der Waals surface area (Å²) >= 11 is 7.65. The molecule has 1 fully saturated rings.